The molecule has 0 bridgehead atoms. The number of aromatic nitrogens is 3. The van der Waals surface area contributed by atoms with Crippen LogP contribution in [0.3, 0.4) is 0 Å². The van der Waals surface area contributed by atoms with Gasteiger partial charge in [0.1, 0.15) is 0 Å². The zero-order valence-electron chi connectivity index (χ0n) is 12.6. The molecule has 0 amide bonds. The third-order valence-corrected chi connectivity index (χ3v) is 3.77. The number of ether oxygens (including phenoxy) is 1. The summed E-state index contributed by atoms with van der Waals surface area (Å²) < 4.78 is 7.01. The maximum absolute atomic E-state index is 6.35. The van der Waals surface area contributed by atoms with Gasteiger partial charge in [0.25, 0.3) is 0 Å². The number of aryl methyl sites for hydroxylation is 1. The topological polar surface area (TPSA) is 52.0 Å². The Balaban J connectivity index is 2.44. The summed E-state index contributed by atoms with van der Waals surface area (Å²) in [6, 6.07) is 3.96. The van der Waals surface area contributed by atoms with Gasteiger partial charge in [-0.05, 0) is 25.1 Å². The van der Waals surface area contributed by atoms with E-state index in [-0.39, 0.29) is 6.04 Å². The van der Waals surface area contributed by atoms with Crippen LogP contribution in [0.1, 0.15) is 29.9 Å². The molecule has 0 fully saturated rings. The fraction of sp³-hybridized carbons (Fsp3) is 0.467. The maximum atomic E-state index is 6.35. The largest absolute Gasteiger partial charge is 0.383 e. The summed E-state index contributed by atoms with van der Waals surface area (Å²) in [5.74, 6) is 0. The van der Waals surface area contributed by atoms with Crippen LogP contribution >= 0.6 is 11.6 Å². The molecule has 114 valence electrons. The molecule has 2 rings (SSSR count). The minimum absolute atomic E-state index is 0.0898. The molecule has 0 spiro atoms. The highest BCUT2D eigenvalue weighted by atomic mass is 35.5. The maximum Gasteiger partial charge on any atom is 0.0937 e. The zero-order valence-corrected chi connectivity index (χ0v) is 13.4. The van der Waals surface area contributed by atoms with E-state index in [2.05, 4.69) is 28.4 Å². The third kappa shape index (κ3) is 3.43. The highest BCUT2D eigenvalue weighted by molar-refractivity contribution is 6.31. The Kier molecular flexibility index (Phi) is 5.73. The van der Waals surface area contributed by atoms with Crippen LogP contribution < -0.4 is 5.32 Å². The van der Waals surface area contributed by atoms with Crippen LogP contribution in [0.15, 0.2) is 24.5 Å². The van der Waals surface area contributed by atoms with E-state index in [1.54, 1.807) is 13.3 Å². The van der Waals surface area contributed by atoms with Crippen molar-refractivity contribution in [2.24, 2.45) is 0 Å². The van der Waals surface area contributed by atoms with E-state index in [1.807, 2.05) is 24.0 Å². The van der Waals surface area contributed by atoms with Crippen molar-refractivity contribution in [2.75, 3.05) is 20.8 Å². The first-order chi connectivity index (χ1) is 10.2. The summed E-state index contributed by atoms with van der Waals surface area (Å²) in [6.07, 6.45) is 4.40. The Labute approximate surface area is 130 Å². The first kappa shape index (κ1) is 15.9. The molecule has 1 N–H and O–H groups in total. The summed E-state index contributed by atoms with van der Waals surface area (Å²) >= 11 is 6.35. The molecule has 0 radical (unpaired) electrons. The van der Waals surface area contributed by atoms with Gasteiger partial charge in [-0.15, -0.1) is 0 Å². The lowest BCUT2D eigenvalue weighted by atomic mass is 10.0. The van der Waals surface area contributed by atoms with Crippen LogP contribution in [0.2, 0.25) is 5.02 Å². The van der Waals surface area contributed by atoms with Crippen LogP contribution in [-0.2, 0) is 17.7 Å². The predicted octanol–water partition coefficient (Wildman–Crippen LogP) is 2.45. The molecule has 0 aliphatic carbocycles. The lowest BCUT2D eigenvalue weighted by Crippen LogP contribution is -2.25. The predicted molar refractivity (Wildman–Crippen MR) is 83.6 cm³/mol. The second-order valence-electron chi connectivity index (χ2n) is 4.72. The van der Waals surface area contributed by atoms with Crippen molar-refractivity contribution in [1.29, 1.82) is 0 Å². The van der Waals surface area contributed by atoms with Gasteiger partial charge in [-0.2, -0.15) is 5.10 Å². The van der Waals surface area contributed by atoms with E-state index in [4.69, 9.17) is 16.3 Å². The number of methoxy groups -OCH3 is 1. The van der Waals surface area contributed by atoms with E-state index < -0.39 is 0 Å². The molecular weight excluding hydrogens is 288 g/mol. The molecule has 2 aromatic heterocycles. The average Bonchev–Trinajstić information content (AvgIpc) is 2.88. The minimum Gasteiger partial charge on any atom is -0.383 e. The van der Waals surface area contributed by atoms with Gasteiger partial charge >= 0.3 is 0 Å². The summed E-state index contributed by atoms with van der Waals surface area (Å²) in [4.78, 5) is 4.55. The number of hydrogen-bond acceptors (Lipinski definition) is 4. The number of nitrogens with zero attached hydrogens (tertiary/aromatic N) is 3. The van der Waals surface area contributed by atoms with Gasteiger partial charge in [-0.1, -0.05) is 24.6 Å². The van der Waals surface area contributed by atoms with Crippen LogP contribution in [0.5, 0.6) is 0 Å². The number of pyridine rings is 1. The molecule has 0 saturated carbocycles. The summed E-state index contributed by atoms with van der Waals surface area (Å²) in [5, 5.41) is 8.28. The van der Waals surface area contributed by atoms with E-state index in [9.17, 15) is 0 Å². The average molecular weight is 309 g/mol. The van der Waals surface area contributed by atoms with Crippen molar-refractivity contribution < 1.29 is 4.74 Å². The molecule has 21 heavy (non-hydrogen) atoms. The van der Waals surface area contributed by atoms with Gasteiger partial charge < -0.3 is 10.1 Å². The summed E-state index contributed by atoms with van der Waals surface area (Å²) in [6.45, 7) is 3.37. The lowest BCUT2D eigenvalue weighted by Gasteiger charge is -2.20. The van der Waals surface area contributed by atoms with Gasteiger partial charge in [-0.25, -0.2) is 0 Å². The Morgan fingerprint density at radius 3 is 2.95 bits per heavy atom. The standard InChI is InChI=1S/C15H21ClN4O/c1-4-11-6-5-7-18-13(11)14(17-2)15-12(16)10-19-20(15)8-9-21-3/h5-7,10,14,17H,4,8-9H2,1-3H3. The molecule has 1 unspecified atom stereocenters. The molecule has 6 heteroatoms. The van der Waals surface area contributed by atoms with Crippen LogP contribution in [0.4, 0.5) is 0 Å². The molecule has 0 aromatic carbocycles. The van der Waals surface area contributed by atoms with E-state index in [0.29, 0.717) is 18.2 Å². The molecule has 5 nitrogen and oxygen atoms in total. The van der Waals surface area contributed by atoms with Crippen molar-refractivity contribution in [3.8, 4) is 0 Å². The number of halogens is 1. The molecular formula is C15H21ClN4O. The van der Waals surface area contributed by atoms with Gasteiger partial charge in [0, 0.05) is 13.3 Å². The molecule has 2 aromatic rings. The van der Waals surface area contributed by atoms with Crippen molar-refractivity contribution in [3.05, 3.63) is 46.5 Å². The van der Waals surface area contributed by atoms with E-state index in [0.717, 1.165) is 17.8 Å². The Bertz CT molecular complexity index is 585. The Hall–Kier alpha value is -1.43. The quantitative estimate of drug-likeness (QED) is 0.853. The molecule has 0 saturated heterocycles. The second-order valence-corrected chi connectivity index (χ2v) is 5.12. The Morgan fingerprint density at radius 2 is 2.29 bits per heavy atom. The van der Waals surface area contributed by atoms with Crippen LogP contribution in [0, 0.1) is 0 Å². The lowest BCUT2D eigenvalue weighted by molar-refractivity contribution is 0.182. The summed E-state index contributed by atoms with van der Waals surface area (Å²) in [7, 11) is 3.58. The highest BCUT2D eigenvalue weighted by Gasteiger charge is 2.23. The molecule has 1 atom stereocenters. The van der Waals surface area contributed by atoms with E-state index >= 15 is 0 Å². The van der Waals surface area contributed by atoms with Crippen LogP contribution in [-0.4, -0.2) is 35.5 Å². The van der Waals surface area contributed by atoms with Crippen molar-refractivity contribution >= 4 is 11.6 Å². The number of nitrogens with one attached hydrogen (secondary N) is 1. The number of hydrogen-bond donors (Lipinski definition) is 1. The fourth-order valence-electron chi connectivity index (χ4n) is 2.43. The van der Waals surface area contributed by atoms with Gasteiger partial charge in [-0.3, -0.25) is 9.67 Å². The molecule has 0 aliphatic rings. The first-order valence-corrected chi connectivity index (χ1v) is 7.41. The Morgan fingerprint density at radius 1 is 1.48 bits per heavy atom. The van der Waals surface area contributed by atoms with Crippen molar-refractivity contribution in [3.63, 3.8) is 0 Å². The second kappa shape index (κ2) is 7.54. The summed E-state index contributed by atoms with van der Waals surface area (Å²) in [5.41, 5.74) is 3.11. The van der Waals surface area contributed by atoms with Crippen molar-refractivity contribution in [1.82, 2.24) is 20.1 Å². The van der Waals surface area contributed by atoms with Crippen LogP contribution in [0.25, 0.3) is 0 Å². The van der Waals surface area contributed by atoms with E-state index in [1.165, 1.54) is 5.56 Å². The SMILES string of the molecule is CCc1cccnc1C(NC)c1c(Cl)cnn1CCOC. The first-order valence-electron chi connectivity index (χ1n) is 7.04. The monoisotopic (exact) mass is 308 g/mol. The van der Waals surface area contributed by atoms with Gasteiger partial charge in [0.2, 0.25) is 0 Å². The smallest absolute Gasteiger partial charge is 0.0937 e. The number of rotatable bonds is 7. The molecule has 2 heterocycles. The van der Waals surface area contributed by atoms with Gasteiger partial charge in [0.05, 0.1) is 41.8 Å². The normalized spacial score (nSPS) is 12.6. The minimum atomic E-state index is -0.0898. The highest BCUT2D eigenvalue weighted by Crippen LogP contribution is 2.29. The van der Waals surface area contributed by atoms with Crippen molar-refractivity contribution in [2.45, 2.75) is 25.9 Å². The third-order valence-electron chi connectivity index (χ3n) is 3.48. The molecule has 0 aliphatic heterocycles. The zero-order chi connectivity index (χ0) is 15.2. The van der Waals surface area contributed by atoms with Gasteiger partial charge in [0.15, 0.2) is 0 Å². The fourth-order valence-corrected chi connectivity index (χ4v) is 2.68.